The molecule has 0 unspecified atom stereocenters. The van der Waals surface area contributed by atoms with E-state index in [0.717, 1.165) is 11.1 Å². The van der Waals surface area contributed by atoms with Gasteiger partial charge in [-0.3, -0.25) is 4.79 Å². The minimum absolute atomic E-state index is 0.228. The molecule has 0 bridgehead atoms. The minimum Gasteiger partial charge on any atom is -0.480 e. The van der Waals surface area contributed by atoms with E-state index in [2.05, 4.69) is 10.1 Å². The quantitative estimate of drug-likeness (QED) is 0.810. The van der Waals surface area contributed by atoms with E-state index in [1.165, 1.54) is 7.11 Å². The molecule has 0 heterocycles. The lowest BCUT2D eigenvalue weighted by atomic mass is 10.1. The second-order valence-electron chi connectivity index (χ2n) is 5.84. The summed E-state index contributed by atoms with van der Waals surface area (Å²) in [7, 11) is 1.33. The topological polar surface area (TPSA) is 64.6 Å². The predicted molar refractivity (Wildman–Crippen MR) is 97.0 cm³/mol. The Bertz CT molecular complexity index is 753. The third-order valence-electron chi connectivity index (χ3n) is 3.84. The number of esters is 1. The number of rotatable bonds is 6. The average molecular weight is 341 g/mol. The predicted octanol–water partition coefficient (Wildman–Crippen LogP) is 3.89. The van der Waals surface area contributed by atoms with Gasteiger partial charge < -0.3 is 14.8 Å². The van der Waals surface area contributed by atoms with Crippen molar-refractivity contribution in [1.29, 1.82) is 0 Å². The Morgan fingerprint density at radius 2 is 1.76 bits per heavy atom. The molecule has 5 nitrogen and oxygen atoms in total. The van der Waals surface area contributed by atoms with Crippen molar-refractivity contribution < 1.29 is 19.1 Å². The van der Waals surface area contributed by atoms with Crippen LogP contribution in [-0.4, -0.2) is 25.1 Å². The van der Waals surface area contributed by atoms with Crippen molar-refractivity contribution >= 4 is 17.6 Å². The zero-order valence-corrected chi connectivity index (χ0v) is 15.0. The lowest BCUT2D eigenvalue weighted by molar-refractivity contribution is -0.122. The molecule has 0 saturated carbocycles. The van der Waals surface area contributed by atoms with E-state index in [9.17, 15) is 9.59 Å². The minimum atomic E-state index is -0.596. The molecule has 0 fully saturated rings. The number of aryl methyl sites for hydroxylation is 2. The highest BCUT2D eigenvalue weighted by Gasteiger charge is 2.19. The van der Waals surface area contributed by atoms with Crippen LogP contribution in [0.3, 0.4) is 0 Å². The summed E-state index contributed by atoms with van der Waals surface area (Å²) < 4.78 is 10.5. The van der Waals surface area contributed by atoms with Crippen LogP contribution in [0.1, 0.15) is 34.8 Å². The van der Waals surface area contributed by atoms with Gasteiger partial charge in [0.25, 0.3) is 5.91 Å². The molecular formula is C20H23NO4. The number of nitrogens with one attached hydrogen (secondary N) is 1. The monoisotopic (exact) mass is 341 g/mol. The van der Waals surface area contributed by atoms with Gasteiger partial charge in [-0.25, -0.2) is 4.79 Å². The maximum atomic E-state index is 12.5. The van der Waals surface area contributed by atoms with E-state index >= 15 is 0 Å². The molecule has 0 spiro atoms. The van der Waals surface area contributed by atoms with E-state index in [1.54, 1.807) is 24.3 Å². The third kappa shape index (κ3) is 4.83. The number of carbonyl (C=O) groups excluding carboxylic acids is 2. The Balaban J connectivity index is 2.05. The highest BCUT2D eigenvalue weighted by molar-refractivity contribution is 5.95. The van der Waals surface area contributed by atoms with Gasteiger partial charge in [-0.15, -0.1) is 0 Å². The molecule has 2 rings (SSSR count). The fourth-order valence-electron chi connectivity index (χ4n) is 2.44. The fourth-order valence-corrected chi connectivity index (χ4v) is 2.44. The summed E-state index contributed by atoms with van der Waals surface area (Å²) in [6.45, 7) is 5.87. The van der Waals surface area contributed by atoms with Crippen molar-refractivity contribution in [3.8, 4) is 5.75 Å². The number of amides is 1. The number of hydrogen-bond donors (Lipinski definition) is 1. The zero-order valence-electron chi connectivity index (χ0n) is 15.0. The Hall–Kier alpha value is -2.82. The van der Waals surface area contributed by atoms with Gasteiger partial charge in [0.2, 0.25) is 0 Å². The maximum absolute atomic E-state index is 12.5. The molecular weight excluding hydrogens is 318 g/mol. The van der Waals surface area contributed by atoms with Crippen LogP contribution >= 0.6 is 0 Å². The Morgan fingerprint density at radius 1 is 1.08 bits per heavy atom. The van der Waals surface area contributed by atoms with Gasteiger partial charge in [0.15, 0.2) is 6.10 Å². The summed E-state index contributed by atoms with van der Waals surface area (Å²) in [5.41, 5.74) is 3.17. The Morgan fingerprint density at radius 3 is 2.32 bits per heavy atom. The smallest absolute Gasteiger partial charge is 0.337 e. The summed E-state index contributed by atoms with van der Waals surface area (Å²) >= 11 is 0. The van der Waals surface area contributed by atoms with E-state index in [4.69, 9.17) is 4.74 Å². The molecule has 25 heavy (non-hydrogen) atoms. The molecule has 5 heteroatoms. The summed E-state index contributed by atoms with van der Waals surface area (Å²) in [6.07, 6.45) is -0.0546. The Labute approximate surface area is 148 Å². The van der Waals surface area contributed by atoms with Crippen molar-refractivity contribution in [2.24, 2.45) is 0 Å². The Kier molecular flexibility index (Phi) is 6.17. The van der Waals surface area contributed by atoms with Crippen LogP contribution in [-0.2, 0) is 9.53 Å². The SMILES string of the molecule is CC[C@H](Oc1ccc(C)cc1C)C(=O)Nc1ccc(C(=O)OC)cc1. The average Bonchev–Trinajstić information content (AvgIpc) is 2.61. The van der Waals surface area contributed by atoms with Crippen LogP contribution in [0.15, 0.2) is 42.5 Å². The zero-order chi connectivity index (χ0) is 18.4. The number of methoxy groups -OCH3 is 1. The number of anilines is 1. The van der Waals surface area contributed by atoms with Gasteiger partial charge >= 0.3 is 5.97 Å². The molecule has 0 radical (unpaired) electrons. The molecule has 1 N–H and O–H groups in total. The van der Waals surface area contributed by atoms with Crippen LogP contribution in [0, 0.1) is 13.8 Å². The van der Waals surface area contributed by atoms with Crippen LogP contribution in [0.5, 0.6) is 5.75 Å². The summed E-state index contributed by atoms with van der Waals surface area (Å²) in [5.74, 6) is 0.0597. The van der Waals surface area contributed by atoms with Gasteiger partial charge in [0, 0.05) is 5.69 Å². The first-order valence-corrected chi connectivity index (χ1v) is 8.17. The molecule has 0 aliphatic carbocycles. The van der Waals surface area contributed by atoms with Crippen molar-refractivity contribution in [3.63, 3.8) is 0 Å². The molecule has 1 amide bonds. The fraction of sp³-hybridized carbons (Fsp3) is 0.300. The maximum Gasteiger partial charge on any atom is 0.337 e. The molecule has 2 aromatic carbocycles. The lowest BCUT2D eigenvalue weighted by Crippen LogP contribution is -2.32. The van der Waals surface area contributed by atoms with Crippen molar-refractivity contribution in [1.82, 2.24) is 0 Å². The van der Waals surface area contributed by atoms with Gasteiger partial charge in [-0.05, 0) is 56.2 Å². The van der Waals surface area contributed by atoms with E-state index in [0.29, 0.717) is 23.4 Å². The summed E-state index contributed by atoms with van der Waals surface area (Å²) in [5, 5.41) is 2.81. The van der Waals surface area contributed by atoms with Crippen molar-refractivity contribution in [2.45, 2.75) is 33.3 Å². The van der Waals surface area contributed by atoms with Crippen LogP contribution < -0.4 is 10.1 Å². The van der Waals surface area contributed by atoms with Crippen molar-refractivity contribution in [3.05, 3.63) is 59.2 Å². The van der Waals surface area contributed by atoms with E-state index in [1.807, 2.05) is 39.0 Å². The number of carbonyl (C=O) groups is 2. The molecule has 0 aliphatic heterocycles. The number of benzene rings is 2. The molecule has 0 aliphatic rings. The second kappa shape index (κ2) is 8.33. The molecule has 132 valence electrons. The van der Waals surface area contributed by atoms with Gasteiger partial charge in [0.1, 0.15) is 5.75 Å². The van der Waals surface area contributed by atoms with Crippen LogP contribution in [0.2, 0.25) is 0 Å². The van der Waals surface area contributed by atoms with E-state index in [-0.39, 0.29) is 5.91 Å². The van der Waals surface area contributed by atoms with Crippen LogP contribution in [0.25, 0.3) is 0 Å². The molecule has 0 aromatic heterocycles. The first kappa shape index (κ1) is 18.5. The normalized spacial score (nSPS) is 11.5. The van der Waals surface area contributed by atoms with Crippen LogP contribution in [0.4, 0.5) is 5.69 Å². The molecule has 0 saturated heterocycles. The summed E-state index contributed by atoms with van der Waals surface area (Å²) in [6, 6.07) is 12.4. The van der Waals surface area contributed by atoms with Crippen molar-refractivity contribution in [2.75, 3.05) is 12.4 Å². The molecule has 1 atom stereocenters. The first-order chi connectivity index (χ1) is 11.9. The number of hydrogen-bond acceptors (Lipinski definition) is 4. The van der Waals surface area contributed by atoms with Gasteiger partial charge in [-0.1, -0.05) is 24.6 Å². The van der Waals surface area contributed by atoms with Gasteiger partial charge in [0.05, 0.1) is 12.7 Å². The van der Waals surface area contributed by atoms with Gasteiger partial charge in [-0.2, -0.15) is 0 Å². The second-order valence-corrected chi connectivity index (χ2v) is 5.84. The lowest BCUT2D eigenvalue weighted by Gasteiger charge is -2.19. The molecule has 2 aromatic rings. The number of ether oxygens (including phenoxy) is 2. The third-order valence-corrected chi connectivity index (χ3v) is 3.84. The summed E-state index contributed by atoms with van der Waals surface area (Å²) in [4.78, 5) is 23.9. The standard InChI is InChI=1S/C20H23NO4/c1-5-17(25-18-11-6-13(2)12-14(18)3)19(22)21-16-9-7-15(8-10-16)20(23)24-4/h6-12,17H,5H2,1-4H3,(H,21,22)/t17-/m0/s1. The first-order valence-electron chi connectivity index (χ1n) is 8.17. The highest BCUT2D eigenvalue weighted by Crippen LogP contribution is 2.21. The highest BCUT2D eigenvalue weighted by atomic mass is 16.5. The largest absolute Gasteiger partial charge is 0.480 e. The van der Waals surface area contributed by atoms with E-state index < -0.39 is 12.1 Å².